The summed E-state index contributed by atoms with van der Waals surface area (Å²) >= 11 is 0. The molecule has 0 spiro atoms. The van der Waals surface area contributed by atoms with E-state index in [0.717, 1.165) is 12.8 Å². The molecular weight excluding hydrogens is 232 g/mol. The van der Waals surface area contributed by atoms with Gasteiger partial charge >= 0.3 is 12.0 Å². The molecule has 1 N–H and O–H groups in total. The van der Waals surface area contributed by atoms with Gasteiger partial charge in [0.15, 0.2) is 0 Å². The largest absolute Gasteiger partial charge is 0.480 e. The van der Waals surface area contributed by atoms with E-state index in [1.165, 1.54) is 11.9 Å². The maximum absolute atomic E-state index is 12.3. The van der Waals surface area contributed by atoms with Crippen LogP contribution < -0.4 is 0 Å². The van der Waals surface area contributed by atoms with Crippen LogP contribution in [0.3, 0.4) is 0 Å². The quantitative estimate of drug-likeness (QED) is 0.762. The first kappa shape index (κ1) is 16.7. The van der Waals surface area contributed by atoms with Crippen molar-refractivity contribution in [3.8, 4) is 0 Å². The second-order valence-electron chi connectivity index (χ2n) is 5.05. The number of carboxylic acid groups (broad SMARTS) is 1. The summed E-state index contributed by atoms with van der Waals surface area (Å²) in [6.45, 7) is 8.61. The zero-order valence-corrected chi connectivity index (χ0v) is 12.1. The van der Waals surface area contributed by atoms with Gasteiger partial charge in [-0.05, 0) is 18.8 Å². The van der Waals surface area contributed by atoms with E-state index in [4.69, 9.17) is 5.11 Å². The van der Waals surface area contributed by atoms with Crippen molar-refractivity contribution < 1.29 is 14.7 Å². The third-order valence-electron chi connectivity index (χ3n) is 2.89. The van der Waals surface area contributed by atoms with Crippen LogP contribution in [0.4, 0.5) is 4.79 Å². The van der Waals surface area contributed by atoms with Gasteiger partial charge in [-0.15, -0.1) is 0 Å². The van der Waals surface area contributed by atoms with Crippen molar-refractivity contribution in [2.45, 2.75) is 46.6 Å². The van der Waals surface area contributed by atoms with Crippen LogP contribution in [0.5, 0.6) is 0 Å². The second-order valence-corrected chi connectivity index (χ2v) is 5.05. The number of carboxylic acids is 1. The average Bonchev–Trinajstić information content (AvgIpc) is 2.26. The summed E-state index contributed by atoms with van der Waals surface area (Å²) in [7, 11) is 1.53. The fraction of sp³-hybridized carbons (Fsp3) is 0.846. The number of amides is 2. The molecule has 18 heavy (non-hydrogen) atoms. The lowest BCUT2D eigenvalue weighted by Crippen LogP contribution is -2.49. The van der Waals surface area contributed by atoms with Crippen molar-refractivity contribution in [1.29, 1.82) is 0 Å². The van der Waals surface area contributed by atoms with Crippen molar-refractivity contribution in [3.05, 3.63) is 0 Å². The maximum atomic E-state index is 12.3. The minimum Gasteiger partial charge on any atom is -0.480 e. The molecular formula is C13H26N2O3. The first-order valence-corrected chi connectivity index (χ1v) is 6.56. The van der Waals surface area contributed by atoms with E-state index in [2.05, 4.69) is 13.8 Å². The molecule has 0 aromatic heterocycles. The Morgan fingerprint density at radius 2 is 1.67 bits per heavy atom. The normalized spacial score (nSPS) is 10.8. The lowest BCUT2D eigenvalue weighted by Gasteiger charge is -2.34. The number of hydrogen-bond acceptors (Lipinski definition) is 2. The predicted molar refractivity (Wildman–Crippen MR) is 71.6 cm³/mol. The molecule has 5 heteroatoms. The SMILES string of the molecule is CCC(CC)N(CC(C)C)C(=O)N(C)CC(=O)O. The van der Waals surface area contributed by atoms with Crippen molar-refractivity contribution >= 4 is 12.0 Å². The minimum atomic E-state index is -0.986. The fourth-order valence-electron chi connectivity index (χ4n) is 2.00. The Balaban J connectivity index is 4.82. The highest BCUT2D eigenvalue weighted by atomic mass is 16.4. The van der Waals surface area contributed by atoms with Crippen LogP contribution in [0.2, 0.25) is 0 Å². The summed E-state index contributed by atoms with van der Waals surface area (Å²) in [6, 6.07) is -0.0176. The average molecular weight is 258 g/mol. The first-order chi connectivity index (χ1) is 8.33. The number of rotatable bonds is 7. The summed E-state index contributed by atoms with van der Waals surface area (Å²) in [4.78, 5) is 26.0. The van der Waals surface area contributed by atoms with Crippen molar-refractivity contribution in [2.75, 3.05) is 20.1 Å². The first-order valence-electron chi connectivity index (χ1n) is 6.56. The van der Waals surface area contributed by atoms with Crippen molar-refractivity contribution in [3.63, 3.8) is 0 Å². The molecule has 0 saturated carbocycles. The number of urea groups is 1. The maximum Gasteiger partial charge on any atom is 0.323 e. The number of hydrogen-bond donors (Lipinski definition) is 1. The van der Waals surface area contributed by atoms with Gasteiger partial charge in [0.1, 0.15) is 6.54 Å². The summed E-state index contributed by atoms with van der Waals surface area (Å²) in [5.74, 6) is -0.618. The molecule has 0 aliphatic heterocycles. The van der Waals surface area contributed by atoms with E-state index in [-0.39, 0.29) is 18.6 Å². The number of likely N-dealkylation sites (N-methyl/N-ethyl adjacent to an activating group) is 1. The summed E-state index contributed by atoms with van der Waals surface area (Å²) in [5.41, 5.74) is 0. The van der Waals surface area contributed by atoms with E-state index in [9.17, 15) is 9.59 Å². The monoisotopic (exact) mass is 258 g/mol. The van der Waals surface area contributed by atoms with Gasteiger partial charge in [0.05, 0.1) is 0 Å². The van der Waals surface area contributed by atoms with Crippen LogP contribution in [-0.2, 0) is 4.79 Å². The lowest BCUT2D eigenvalue weighted by atomic mass is 10.1. The van der Waals surface area contributed by atoms with Crippen molar-refractivity contribution in [2.24, 2.45) is 5.92 Å². The molecule has 0 rings (SSSR count). The van der Waals surface area contributed by atoms with Gasteiger partial charge in [-0.1, -0.05) is 27.7 Å². The van der Waals surface area contributed by atoms with Gasteiger partial charge < -0.3 is 14.9 Å². The Kier molecular flexibility index (Phi) is 7.39. The van der Waals surface area contributed by atoms with E-state index >= 15 is 0 Å². The van der Waals surface area contributed by atoms with Crippen LogP contribution >= 0.6 is 0 Å². The van der Waals surface area contributed by atoms with Crippen molar-refractivity contribution in [1.82, 2.24) is 9.80 Å². The lowest BCUT2D eigenvalue weighted by molar-refractivity contribution is -0.137. The summed E-state index contributed by atoms with van der Waals surface area (Å²) in [5, 5.41) is 8.74. The van der Waals surface area contributed by atoms with Gasteiger partial charge in [-0.25, -0.2) is 4.79 Å². The van der Waals surface area contributed by atoms with Crippen LogP contribution in [0.25, 0.3) is 0 Å². The molecule has 0 aromatic rings. The Hall–Kier alpha value is -1.26. The Morgan fingerprint density at radius 3 is 2.00 bits per heavy atom. The molecule has 5 nitrogen and oxygen atoms in total. The number of carbonyl (C=O) groups excluding carboxylic acids is 1. The number of carbonyl (C=O) groups is 2. The van der Waals surface area contributed by atoms with Gasteiger partial charge in [0.25, 0.3) is 0 Å². The summed E-state index contributed by atoms with van der Waals surface area (Å²) in [6.07, 6.45) is 1.77. The second kappa shape index (κ2) is 7.95. The third-order valence-corrected chi connectivity index (χ3v) is 2.89. The molecule has 106 valence electrons. The Labute approximate surface area is 110 Å². The predicted octanol–water partition coefficient (Wildman–Crippen LogP) is 2.27. The molecule has 0 radical (unpaired) electrons. The zero-order chi connectivity index (χ0) is 14.3. The molecule has 0 aliphatic rings. The smallest absolute Gasteiger partial charge is 0.323 e. The standard InChI is InChI=1S/C13H26N2O3/c1-6-11(7-2)15(8-10(3)4)13(18)14(5)9-12(16)17/h10-11H,6-9H2,1-5H3,(H,16,17). The topological polar surface area (TPSA) is 60.9 Å². The molecule has 0 aliphatic carbocycles. The highest BCUT2D eigenvalue weighted by Gasteiger charge is 2.25. The van der Waals surface area contributed by atoms with E-state index in [1.807, 2.05) is 13.8 Å². The van der Waals surface area contributed by atoms with Gasteiger partial charge in [0.2, 0.25) is 0 Å². The molecule has 0 heterocycles. The molecule has 2 amide bonds. The third kappa shape index (κ3) is 5.38. The highest BCUT2D eigenvalue weighted by molar-refractivity contribution is 5.80. The molecule has 0 saturated heterocycles. The van der Waals surface area contributed by atoms with Gasteiger partial charge in [0, 0.05) is 19.6 Å². The van der Waals surface area contributed by atoms with Crippen LogP contribution in [0.15, 0.2) is 0 Å². The Bertz CT molecular complexity index is 275. The van der Waals surface area contributed by atoms with Crippen LogP contribution in [0.1, 0.15) is 40.5 Å². The molecule has 0 bridgehead atoms. The van der Waals surface area contributed by atoms with E-state index < -0.39 is 5.97 Å². The van der Waals surface area contributed by atoms with Gasteiger partial charge in [-0.2, -0.15) is 0 Å². The van der Waals surface area contributed by atoms with Crippen LogP contribution in [-0.4, -0.2) is 53.1 Å². The molecule has 0 aromatic carbocycles. The molecule has 0 fully saturated rings. The van der Waals surface area contributed by atoms with E-state index in [0.29, 0.717) is 12.5 Å². The summed E-state index contributed by atoms with van der Waals surface area (Å²) < 4.78 is 0. The minimum absolute atomic E-state index is 0.177. The Morgan fingerprint density at radius 1 is 1.17 bits per heavy atom. The fourth-order valence-corrected chi connectivity index (χ4v) is 2.00. The van der Waals surface area contributed by atoms with Crippen LogP contribution in [0, 0.1) is 5.92 Å². The number of aliphatic carboxylic acids is 1. The van der Waals surface area contributed by atoms with Gasteiger partial charge in [-0.3, -0.25) is 4.79 Å². The zero-order valence-electron chi connectivity index (χ0n) is 12.1. The molecule has 0 atom stereocenters. The molecule has 0 unspecified atom stereocenters. The van der Waals surface area contributed by atoms with E-state index in [1.54, 1.807) is 4.90 Å². The highest BCUT2D eigenvalue weighted by Crippen LogP contribution is 2.13. The number of nitrogens with zero attached hydrogens (tertiary/aromatic N) is 2.